The van der Waals surface area contributed by atoms with E-state index in [2.05, 4.69) is 0 Å². The topological polar surface area (TPSA) is 190 Å². The van der Waals surface area contributed by atoms with E-state index in [1.54, 1.807) is 0 Å². The summed E-state index contributed by atoms with van der Waals surface area (Å²) < 4.78 is 15.3. The minimum atomic E-state index is -2.34. The van der Waals surface area contributed by atoms with Crippen LogP contribution in [0.15, 0.2) is 11.5 Å². The van der Waals surface area contributed by atoms with Crippen molar-refractivity contribution in [3.8, 4) is 0 Å². The van der Waals surface area contributed by atoms with Gasteiger partial charge in [-0.25, -0.2) is 0 Å². The summed E-state index contributed by atoms with van der Waals surface area (Å²) in [4.78, 5) is 0. The maximum atomic E-state index is 9.88. The first-order valence-electron chi connectivity index (χ1n) is 6.81. The summed E-state index contributed by atoms with van der Waals surface area (Å²) in [6.45, 7) is -2.45. The minimum Gasteiger partial charge on any atom is -0.506 e. The summed E-state index contributed by atoms with van der Waals surface area (Å²) in [7, 11) is 0. The molecule has 23 heavy (non-hydrogen) atoms. The van der Waals surface area contributed by atoms with Crippen LogP contribution >= 0.6 is 0 Å². The van der Waals surface area contributed by atoms with Gasteiger partial charge in [0.1, 0.15) is 37.1 Å². The van der Waals surface area contributed by atoms with E-state index in [0.29, 0.717) is 0 Å². The molecule has 0 aliphatic carbocycles. The summed E-state index contributed by atoms with van der Waals surface area (Å²) in [5.41, 5.74) is 0. The van der Waals surface area contributed by atoms with Gasteiger partial charge in [0.15, 0.2) is 17.8 Å². The van der Waals surface area contributed by atoms with Crippen LogP contribution in [0.3, 0.4) is 0 Å². The molecule has 7 atom stereocenters. The Morgan fingerprint density at radius 1 is 0.957 bits per heavy atom. The highest BCUT2D eigenvalue weighted by atomic mass is 16.8. The van der Waals surface area contributed by atoms with Crippen molar-refractivity contribution in [2.24, 2.45) is 0 Å². The summed E-state index contributed by atoms with van der Waals surface area (Å²) >= 11 is 0. The second-order valence-corrected chi connectivity index (χ2v) is 5.25. The molecule has 7 unspecified atom stereocenters. The van der Waals surface area contributed by atoms with E-state index in [9.17, 15) is 30.6 Å². The quantitative estimate of drug-likeness (QED) is 0.245. The molecular weight excluding hydrogens is 320 g/mol. The molecule has 0 aromatic carbocycles. The van der Waals surface area contributed by atoms with Gasteiger partial charge in [-0.3, -0.25) is 0 Å². The summed E-state index contributed by atoms with van der Waals surface area (Å²) in [5, 5.41) is 76.3. The molecule has 0 aromatic rings. The number of hydrogen-bond donors (Lipinski definition) is 8. The SMILES string of the molecule is OCC1OC(CO)(OC2OC(CO)C(O)C(O)C2O)C(O)=C1O. The first-order chi connectivity index (χ1) is 10.8. The predicted molar refractivity (Wildman–Crippen MR) is 68.9 cm³/mol. The first kappa shape index (κ1) is 18.3. The van der Waals surface area contributed by atoms with E-state index >= 15 is 0 Å². The van der Waals surface area contributed by atoms with Gasteiger partial charge in [0.25, 0.3) is 5.79 Å². The second-order valence-electron chi connectivity index (χ2n) is 5.25. The van der Waals surface area contributed by atoms with Gasteiger partial charge in [-0.2, -0.15) is 0 Å². The van der Waals surface area contributed by atoms with Gasteiger partial charge in [0.2, 0.25) is 0 Å². The zero-order valence-corrected chi connectivity index (χ0v) is 11.9. The van der Waals surface area contributed by atoms with Crippen molar-refractivity contribution in [1.29, 1.82) is 0 Å². The number of aliphatic hydroxyl groups is 8. The van der Waals surface area contributed by atoms with Crippen LogP contribution in [0.2, 0.25) is 0 Å². The van der Waals surface area contributed by atoms with Crippen molar-refractivity contribution in [3.05, 3.63) is 11.5 Å². The summed E-state index contributed by atoms with van der Waals surface area (Å²) in [6.07, 6.45) is -9.52. The molecule has 11 heteroatoms. The molecule has 2 aliphatic heterocycles. The lowest BCUT2D eigenvalue weighted by atomic mass is 9.99. The van der Waals surface area contributed by atoms with Gasteiger partial charge in [0, 0.05) is 0 Å². The standard InChI is InChI=1S/C12H20O11/c13-1-4-6(16)8(18)9(19)11(21-4)23-12(3-15)10(20)7(17)5(2-14)22-12/h4-6,8-9,11,13-20H,1-3H2. The van der Waals surface area contributed by atoms with Gasteiger partial charge in [0.05, 0.1) is 13.2 Å². The predicted octanol–water partition coefficient (Wildman–Crippen LogP) is -3.79. The maximum Gasteiger partial charge on any atom is 0.258 e. The van der Waals surface area contributed by atoms with Crippen molar-refractivity contribution in [2.75, 3.05) is 19.8 Å². The highest BCUT2D eigenvalue weighted by Gasteiger charge is 2.54. The third-order valence-electron chi connectivity index (χ3n) is 3.77. The smallest absolute Gasteiger partial charge is 0.258 e. The van der Waals surface area contributed by atoms with Crippen molar-refractivity contribution >= 4 is 0 Å². The molecule has 8 N–H and O–H groups in total. The Labute approximate surface area is 130 Å². The average molecular weight is 340 g/mol. The summed E-state index contributed by atoms with van der Waals surface area (Å²) in [5.74, 6) is -4.05. The van der Waals surface area contributed by atoms with Crippen LogP contribution in [0.4, 0.5) is 0 Å². The number of aliphatic hydroxyl groups excluding tert-OH is 8. The average Bonchev–Trinajstić information content (AvgIpc) is 2.80. The first-order valence-corrected chi connectivity index (χ1v) is 6.81. The Bertz CT molecular complexity index is 452. The number of ether oxygens (including phenoxy) is 3. The van der Waals surface area contributed by atoms with Gasteiger partial charge >= 0.3 is 0 Å². The lowest BCUT2D eigenvalue weighted by molar-refractivity contribution is -0.370. The fraction of sp³-hybridized carbons (Fsp3) is 0.833. The molecule has 0 saturated carbocycles. The lowest BCUT2D eigenvalue weighted by Crippen LogP contribution is -2.61. The highest BCUT2D eigenvalue weighted by Crippen LogP contribution is 2.37. The Hall–Kier alpha value is -1.02. The van der Waals surface area contributed by atoms with Crippen LogP contribution < -0.4 is 0 Å². The van der Waals surface area contributed by atoms with Crippen molar-refractivity contribution in [3.63, 3.8) is 0 Å². The molecular formula is C12H20O11. The van der Waals surface area contributed by atoms with E-state index in [1.165, 1.54) is 0 Å². The third-order valence-corrected chi connectivity index (χ3v) is 3.77. The van der Waals surface area contributed by atoms with E-state index in [0.717, 1.165) is 0 Å². The van der Waals surface area contributed by atoms with Gasteiger partial charge < -0.3 is 55.1 Å². The van der Waals surface area contributed by atoms with E-state index < -0.39 is 73.9 Å². The molecule has 1 saturated heterocycles. The Morgan fingerprint density at radius 2 is 1.61 bits per heavy atom. The van der Waals surface area contributed by atoms with Crippen molar-refractivity contribution in [2.45, 2.75) is 42.6 Å². The molecule has 2 rings (SSSR count). The monoisotopic (exact) mass is 340 g/mol. The molecule has 0 amide bonds. The van der Waals surface area contributed by atoms with E-state index in [1.807, 2.05) is 0 Å². The molecule has 0 aromatic heterocycles. The molecule has 2 heterocycles. The molecule has 1 fully saturated rings. The molecule has 0 radical (unpaired) electrons. The van der Waals surface area contributed by atoms with E-state index in [4.69, 9.17) is 24.4 Å². The van der Waals surface area contributed by atoms with Crippen molar-refractivity contribution < 1.29 is 55.1 Å². The van der Waals surface area contributed by atoms with Gasteiger partial charge in [-0.15, -0.1) is 0 Å². The Morgan fingerprint density at radius 3 is 2.09 bits per heavy atom. The molecule has 134 valence electrons. The fourth-order valence-corrected chi connectivity index (χ4v) is 2.40. The minimum absolute atomic E-state index is 0.704. The molecule has 11 nitrogen and oxygen atoms in total. The Balaban J connectivity index is 2.22. The van der Waals surface area contributed by atoms with E-state index in [-0.39, 0.29) is 0 Å². The van der Waals surface area contributed by atoms with Crippen LogP contribution in [0, 0.1) is 0 Å². The van der Waals surface area contributed by atoms with Crippen LogP contribution in [-0.4, -0.2) is 103 Å². The lowest BCUT2D eigenvalue weighted by Gasteiger charge is -2.42. The zero-order chi connectivity index (χ0) is 17.4. The highest BCUT2D eigenvalue weighted by molar-refractivity contribution is 5.19. The van der Waals surface area contributed by atoms with Crippen LogP contribution in [0.5, 0.6) is 0 Å². The largest absolute Gasteiger partial charge is 0.506 e. The molecule has 0 spiro atoms. The van der Waals surface area contributed by atoms with Crippen LogP contribution in [0.25, 0.3) is 0 Å². The fourth-order valence-electron chi connectivity index (χ4n) is 2.40. The van der Waals surface area contributed by atoms with Crippen LogP contribution in [0.1, 0.15) is 0 Å². The normalized spacial score (nSPS) is 44.8. The maximum absolute atomic E-state index is 9.88. The van der Waals surface area contributed by atoms with Crippen molar-refractivity contribution in [1.82, 2.24) is 0 Å². The number of rotatable bonds is 5. The Kier molecular flexibility index (Phi) is 5.45. The van der Waals surface area contributed by atoms with Gasteiger partial charge in [-0.1, -0.05) is 0 Å². The zero-order valence-electron chi connectivity index (χ0n) is 11.9. The van der Waals surface area contributed by atoms with Crippen LogP contribution in [-0.2, 0) is 14.2 Å². The van der Waals surface area contributed by atoms with Gasteiger partial charge in [-0.05, 0) is 0 Å². The third kappa shape index (κ3) is 3.03. The number of hydrogen-bond acceptors (Lipinski definition) is 11. The second kappa shape index (κ2) is 6.84. The molecule has 0 bridgehead atoms. The summed E-state index contributed by atoms with van der Waals surface area (Å²) in [6, 6.07) is 0. The molecule has 2 aliphatic rings.